The lowest BCUT2D eigenvalue weighted by atomic mass is 9.80. The van der Waals surface area contributed by atoms with Gasteiger partial charge in [-0.25, -0.2) is 0 Å². The largest absolute Gasteiger partial charge is 0.310 e. The van der Waals surface area contributed by atoms with Gasteiger partial charge in [-0.15, -0.1) is 0 Å². The van der Waals surface area contributed by atoms with Crippen molar-refractivity contribution in [2.45, 2.75) is 71.1 Å². The Bertz CT molecular complexity index is 2250. The second kappa shape index (κ2) is 10.6. The molecule has 6 aromatic carbocycles. The topological polar surface area (TPSA) is 3.24 Å². The van der Waals surface area contributed by atoms with Crippen LogP contribution in [0.15, 0.2) is 121 Å². The van der Waals surface area contributed by atoms with E-state index in [1.54, 1.807) is 0 Å². The standard InChI is InChI=1S/C47H43N/c1-30-25-31-15-9-10-16-32(31)26-38(30)40-28-39-36-20-12-14-22-42(36)47(4,5)44(39)29-45(40)48(33-17-7-6-8-18-33)34-23-24-37-35-19-11-13-21-41(35)46(2,3)43(37)27-34/h6-8,11-14,17-29H,9-10,15-16H2,1-5H3. The Kier molecular flexibility index (Phi) is 6.44. The van der Waals surface area contributed by atoms with E-state index in [2.05, 4.69) is 161 Å². The van der Waals surface area contributed by atoms with Crippen LogP contribution in [0.5, 0.6) is 0 Å². The fourth-order valence-corrected chi connectivity index (χ4v) is 9.17. The lowest BCUT2D eigenvalue weighted by Crippen LogP contribution is -2.18. The summed E-state index contributed by atoms with van der Waals surface area (Å²) in [7, 11) is 0. The van der Waals surface area contributed by atoms with E-state index in [4.69, 9.17) is 0 Å². The first-order valence-corrected chi connectivity index (χ1v) is 17.7. The number of hydrogen-bond donors (Lipinski definition) is 0. The summed E-state index contributed by atoms with van der Waals surface area (Å²) >= 11 is 0. The summed E-state index contributed by atoms with van der Waals surface area (Å²) in [6.45, 7) is 11.9. The molecular formula is C47H43N. The molecule has 0 radical (unpaired) electrons. The van der Waals surface area contributed by atoms with Gasteiger partial charge in [-0.1, -0.05) is 113 Å². The average Bonchev–Trinajstić information content (AvgIpc) is 3.47. The Balaban J connectivity index is 1.34. The maximum Gasteiger partial charge on any atom is 0.0543 e. The summed E-state index contributed by atoms with van der Waals surface area (Å²) in [6, 6.07) is 46.3. The molecule has 1 heteroatoms. The molecule has 0 aliphatic heterocycles. The van der Waals surface area contributed by atoms with E-state index in [0.717, 1.165) is 0 Å². The maximum absolute atomic E-state index is 2.53. The third-order valence-corrected chi connectivity index (χ3v) is 11.8. The molecule has 0 atom stereocenters. The predicted molar refractivity (Wildman–Crippen MR) is 203 cm³/mol. The smallest absolute Gasteiger partial charge is 0.0543 e. The molecule has 0 amide bonds. The first-order valence-electron chi connectivity index (χ1n) is 17.7. The Morgan fingerprint density at radius 1 is 0.438 bits per heavy atom. The van der Waals surface area contributed by atoms with Crippen LogP contribution in [0.2, 0.25) is 0 Å². The van der Waals surface area contributed by atoms with Gasteiger partial charge in [-0.2, -0.15) is 0 Å². The number of benzene rings is 6. The first kappa shape index (κ1) is 29.3. The maximum atomic E-state index is 2.53. The van der Waals surface area contributed by atoms with Gasteiger partial charge in [-0.05, 0) is 136 Å². The summed E-state index contributed by atoms with van der Waals surface area (Å²) in [6.07, 6.45) is 4.93. The van der Waals surface area contributed by atoms with Gasteiger partial charge in [0, 0.05) is 27.8 Å². The molecule has 0 spiro atoms. The first-order chi connectivity index (χ1) is 23.2. The van der Waals surface area contributed by atoms with Crippen LogP contribution < -0.4 is 4.90 Å². The number of hydrogen-bond acceptors (Lipinski definition) is 1. The van der Waals surface area contributed by atoms with Crippen LogP contribution in [0.25, 0.3) is 33.4 Å². The van der Waals surface area contributed by atoms with Crippen molar-refractivity contribution in [2.24, 2.45) is 0 Å². The van der Waals surface area contributed by atoms with Crippen molar-refractivity contribution in [1.82, 2.24) is 0 Å². The third-order valence-electron chi connectivity index (χ3n) is 11.8. The monoisotopic (exact) mass is 621 g/mol. The highest BCUT2D eigenvalue weighted by Gasteiger charge is 2.38. The average molecular weight is 622 g/mol. The Hall–Kier alpha value is -4.88. The van der Waals surface area contributed by atoms with Crippen molar-refractivity contribution in [3.05, 3.63) is 160 Å². The van der Waals surface area contributed by atoms with Gasteiger partial charge in [0.05, 0.1) is 5.69 Å². The molecule has 3 aliphatic carbocycles. The van der Waals surface area contributed by atoms with Crippen LogP contribution in [0.1, 0.15) is 79.5 Å². The van der Waals surface area contributed by atoms with Crippen LogP contribution in [-0.4, -0.2) is 0 Å². The molecule has 236 valence electrons. The van der Waals surface area contributed by atoms with E-state index in [9.17, 15) is 0 Å². The Morgan fingerprint density at radius 3 is 1.69 bits per heavy atom. The summed E-state index contributed by atoms with van der Waals surface area (Å²) in [5.74, 6) is 0. The second-order valence-electron chi connectivity index (χ2n) is 15.3. The molecule has 0 heterocycles. The molecule has 6 aromatic rings. The van der Waals surface area contributed by atoms with Crippen LogP contribution in [0.4, 0.5) is 17.1 Å². The molecule has 0 N–H and O–H groups in total. The fourth-order valence-electron chi connectivity index (χ4n) is 9.17. The zero-order valence-electron chi connectivity index (χ0n) is 28.8. The van der Waals surface area contributed by atoms with Gasteiger partial charge in [-0.3, -0.25) is 0 Å². The van der Waals surface area contributed by atoms with Crippen LogP contribution in [0, 0.1) is 6.92 Å². The second-order valence-corrected chi connectivity index (χ2v) is 15.3. The molecule has 0 unspecified atom stereocenters. The van der Waals surface area contributed by atoms with Crippen molar-refractivity contribution >= 4 is 17.1 Å². The Morgan fingerprint density at radius 2 is 1.00 bits per heavy atom. The van der Waals surface area contributed by atoms with E-state index in [0.29, 0.717) is 0 Å². The Labute approximate surface area is 285 Å². The molecule has 0 aromatic heterocycles. The van der Waals surface area contributed by atoms with Crippen molar-refractivity contribution in [1.29, 1.82) is 0 Å². The van der Waals surface area contributed by atoms with Crippen molar-refractivity contribution in [2.75, 3.05) is 4.90 Å². The van der Waals surface area contributed by atoms with Gasteiger partial charge in [0.2, 0.25) is 0 Å². The fraction of sp³-hybridized carbons (Fsp3) is 0.234. The van der Waals surface area contributed by atoms with Crippen molar-refractivity contribution in [3.63, 3.8) is 0 Å². The van der Waals surface area contributed by atoms with Crippen LogP contribution in [-0.2, 0) is 23.7 Å². The minimum atomic E-state index is -0.103. The van der Waals surface area contributed by atoms with Crippen molar-refractivity contribution < 1.29 is 0 Å². The zero-order chi connectivity index (χ0) is 32.8. The molecule has 0 saturated heterocycles. The van der Waals surface area contributed by atoms with Crippen LogP contribution >= 0.6 is 0 Å². The van der Waals surface area contributed by atoms with Gasteiger partial charge in [0.1, 0.15) is 0 Å². The number of aryl methyl sites for hydroxylation is 3. The number of anilines is 3. The van der Waals surface area contributed by atoms with E-state index in [-0.39, 0.29) is 10.8 Å². The van der Waals surface area contributed by atoms with Gasteiger partial charge in [0.25, 0.3) is 0 Å². The number of rotatable bonds is 4. The van der Waals surface area contributed by atoms with Crippen LogP contribution in [0.3, 0.4) is 0 Å². The number of para-hydroxylation sites is 1. The van der Waals surface area contributed by atoms with Gasteiger partial charge < -0.3 is 4.90 Å². The normalized spacial score (nSPS) is 16.0. The molecule has 1 nitrogen and oxygen atoms in total. The molecule has 0 fully saturated rings. The molecule has 48 heavy (non-hydrogen) atoms. The highest BCUT2D eigenvalue weighted by molar-refractivity contribution is 5.96. The van der Waals surface area contributed by atoms with E-state index >= 15 is 0 Å². The molecule has 0 bridgehead atoms. The summed E-state index contributed by atoms with van der Waals surface area (Å²) in [5.41, 5.74) is 21.6. The summed E-state index contributed by atoms with van der Waals surface area (Å²) in [5, 5.41) is 0. The molecule has 3 aliphatic rings. The summed E-state index contributed by atoms with van der Waals surface area (Å²) in [4.78, 5) is 2.53. The lowest BCUT2D eigenvalue weighted by Gasteiger charge is -2.32. The zero-order valence-corrected chi connectivity index (χ0v) is 28.8. The minimum Gasteiger partial charge on any atom is -0.310 e. The van der Waals surface area contributed by atoms with Crippen molar-refractivity contribution in [3.8, 4) is 33.4 Å². The quantitative estimate of drug-likeness (QED) is 0.189. The summed E-state index contributed by atoms with van der Waals surface area (Å²) < 4.78 is 0. The van der Waals surface area contributed by atoms with E-state index in [1.807, 2.05) is 0 Å². The number of nitrogens with zero attached hydrogens (tertiary/aromatic N) is 1. The SMILES string of the molecule is Cc1cc2c(cc1-c1cc3c(cc1N(c1ccccc1)c1ccc4c(c1)C(C)(C)c1ccccc1-4)C(C)(C)c1ccccc1-3)CCCC2. The van der Waals surface area contributed by atoms with Gasteiger partial charge in [0.15, 0.2) is 0 Å². The molecule has 0 saturated carbocycles. The van der Waals surface area contributed by atoms with E-state index < -0.39 is 0 Å². The number of fused-ring (bicyclic) bond motifs is 7. The highest BCUT2D eigenvalue weighted by Crippen LogP contribution is 2.55. The minimum absolute atomic E-state index is 0.0796. The lowest BCUT2D eigenvalue weighted by molar-refractivity contribution is 0.660. The predicted octanol–water partition coefficient (Wildman–Crippen LogP) is 12.6. The molecular weight excluding hydrogens is 579 g/mol. The van der Waals surface area contributed by atoms with E-state index in [1.165, 1.54) is 115 Å². The van der Waals surface area contributed by atoms with Gasteiger partial charge >= 0.3 is 0 Å². The molecule has 9 rings (SSSR count). The highest BCUT2D eigenvalue weighted by atomic mass is 15.1. The third kappa shape index (κ3) is 4.23.